The second kappa shape index (κ2) is 3.30. The number of halogens is 1. The fourth-order valence-electron chi connectivity index (χ4n) is 1.10. The van der Waals surface area contributed by atoms with Crippen LogP contribution in [0, 0.1) is 0 Å². The van der Waals surface area contributed by atoms with Gasteiger partial charge >= 0.3 is 0 Å². The van der Waals surface area contributed by atoms with Crippen LogP contribution in [0.2, 0.25) is 0 Å². The first-order chi connectivity index (χ1) is 4.77. The summed E-state index contributed by atoms with van der Waals surface area (Å²) >= 11 is 0. The molecule has 1 N–H and O–H groups in total. The van der Waals surface area contributed by atoms with Gasteiger partial charge in [-0.15, -0.1) is 0 Å². The maximum atomic E-state index is 12.1. The van der Waals surface area contributed by atoms with Crippen molar-refractivity contribution < 1.29 is 14.2 Å². The average Bonchev–Trinajstić information content (AvgIpc) is 2.15. The minimum Gasteiger partial charge on any atom is -0.385 e. The van der Waals surface area contributed by atoms with Crippen LogP contribution in [0.15, 0.2) is 0 Å². The third kappa shape index (κ3) is 1.92. The Labute approximate surface area is 60.0 Å². The van der Waals surface area contributed by atoms with E-state index in [4.69, 9.17) is 4.74 Å². The molecule has 0 aliphatic carbocycles. The molecule has 1 rings (SSSR count). The molecule has 0 aromatic carbocycles. The van der Waals surface area contributed by atoms with E-state index in [2.05, 4.69) is 0 Å². The average molecular weight is 148 g/mol. The van der Waals surface area contributed by atoms with Crippen molar-refractivity contribution in [1.82, 2.24) is 0 Å². The van der Waals surface area contributed by atoms with E-state index >= 15 is 0 Å². The summed E-state index contributed by atoms with van der Waals surface area (Å²) < 4.78 is 17.1. The summed E-state index contributed by atoms with van der Waals surface area (Å²) in [4.78, 5) is 0. The van der Waals surface area contributed by atoms with Gasteiger partial charge in [-0.3, -0.25) is 0 Å². The van der Waals surface area contributed by atoms with Crippen molar-refractivity contribution in [3.05, 3.63) is 0 Å². The monoisotopic (exact) mass is 148 g/mol. The summed E-state index contributed by atoms with van der Waals surface area (Å²) in [5.41, 5.74) is -1.18. The molecule has 1 saturated heterocycles. The van der Waals surface area contributed by atoms with E-state index in [1.54, 1.807) is 0 Å². The minimum absolute atomic E-state index is 0.156. The molecule has 0 aromatic rings. The zero-order valence-corrected chi connectivity index (χ0v) is 5.98. The first-order valence-corrected chi connectivity index (χ1v) is 3.63. The fourth-order valence-corrected chi connectivity index (χ4v) is 1.10. The third-order valence-corrected chi connectivity index (χ3v) is 1.80. The molecule has 1 aliphatic heterocycles. The summed E-state index contributed by atoms with van der Waals surface area (Å²) in [5.74, 6) is 0. The van der Waals surface area contributed by atoms with Crippen molar-refractivity contribution in [2.75, 3.05) is 19.9 Å². The highest BCUT2D eigenvalue weighted by atomic mass is 19.1. The molecule has 0 bridgehead atoms. The van der Waals surface area contributed by atoms with Crippen molar-refractivity contribution in [2.45, 2.75) is 24.9 Å². The van der Waals surface area contributed by atoms with Crippen molar-refractivity contribution >= 4 is 0 Å². The summed E-state index contributed by atoms with van der Waals surface area (Å²) in [5, 5.41) is 9.36. The Balaban J connectivity index is 2.41. The second-order valence-electron chi connectivity index (χ2n) is 2.87. The number of rotatable bonds is 1. The Hall–Kier alpha value is -0.150. The molecule has 1 aliphatic rings. The van der Waals surface area contributed by atoms with Crippen LogP contribution >= 0.6 is 0 Å². The Kier molecular flexibility index (Phi) is 2.63. The van der Waals surface area contributed by atoms with Gasteiger partial charge in [0, 0.05) is 6.61 Å². The molecule has 1 atom stereocenters. The number of hydrogen-bond donors (Lipinski definition) is 1. The van der Waals surface area contributed by atoms with Crippen molar-refractivity contribution in [1.29, 1.82) is 0 Å². The lowest BCUT2D eigenvalue weighted by Crippen LogP contribution is -2.35. The van der Waals surface area contributed by atoms with Crippen LogP contribution in [-0.4, -0.2) is 30.6 Å². The summed E-state index contributed by atoms with van der Waals surface area (Å²) in [6.45, 7) is 0.124. The largest absolute Gasteiger partial charge is 0.385 e. The smallest absolute Gasteiger partial charge is 0.120 e. The van der Waals surface area contributed by atoms with Crippen LogP contribution < -0.4 is 0 Å². The molecule has 10 heavy (non-hydrogen) atoms. The van der Waals surface area contributed by atoms with Crippen LogP contribution in [0.25, 0.3) is 0 Å². The topological polar surface area (TPSA) is 29.5 Å². The minimum atomic E-state index is -1.18. The molecule has 2 nitrogen and oxygen atoms in total. The predicted molar refractivity (Wildman–Crippen MR) is 35.6 cm³/mol. The van der Waals surface area contributed by atoms with E-state index in [0.29, 0.717) is 13.0 Å². The normalized spacial score (nSPS) is 35.4. The van der Waals surface area contributed by atoms with Gasteiger partial charge in [0.2, 0.25) is 0 Å². The maximum absolute atomic E-state index is 12.1. The van der Waals surface area contributed by atoms with Gasteiger partial charge in [-0.05, 0) is 19.3 Å². The Morgan fingerprint density at radius 3 is 3.00 bits per heavy atom. The lowest BCUT2D eigenvalue weighted by Gasteiger charge is -2.21. The lowest BCUT2D eigenvalue weighted by atomic mass is 10.0. The Morgan fingerprint density at radius 2 is 2.30 bits per heavy atom. The summed E-state index contributed by atoms with van der Waals surface area (Å²) in [6.07, 6.45) is 2.33. The van der Waals surface area contributed by atoms with Crippen molar-refractivity contribution in [3.8, 4) is 0 Å². The van der Waals surface area contributed by atoms with E-state index in [0.717, 1.165) is 12.8 Å². The molecule has 1 fully saturated rings. The quantitative estimate of drug-likeness (QED) is 0.598. The van der Waals surface area contributed by atoms with Crippen LogP contribution in [0.4, 0.5) is 4.39 Å². The number of alkyl halides is 1. The first kappa shape index (κ1) is 7.95. The lowest BCUT2D eigenvalue weighted by molar-refractivity contribution is -0.0515. The molecule has 1 heterocycles. The Morgan fingerprint density at radius 1 is 1.50 bits per heavy atom. The SMILES string of the molecule is OC1(CF)CCCCOC1. The molecule has 1 unspecified atom stereocenters. The molecule has 0 amide bonds. The van der Waals surface area contributed by atoms with Crippen LogP contribution in [0.1, 0.15) is 19.3 Å². The first-order valence-electron chi connectivity index (χ1n) is 3.63. The van der Waals surface area contributed by atoms with Gasteiger partial charge in [0.25, 0.3) is 0 Å². The van der Waals surface area contributed by atoms with Crippen molar-refractivity contribution in [2.24, 2.45) is 0 Å². The molecule has 60 valence electrons. The van der Waals surface area contributed by atoms with Gasteiger partial charge in [-0.1, -0.05) is 0 Å². The van der Waals surface area contributed by atoms with Crippen molar-refractivity contribution in [3.63, 3.8) is 0 Å². The maximum Gasteiger partial charge on any atom is 0.120 e. The fraction of sp³-hybridized carbons (Fsp3) is 1.00. The van der Waals surface area contributed by atoms with Gasteiger partial charge in [0.05, 0.1) is 6.61 Å². The predicted octanol–water partition coefficient (Wildman–Crippen LogP) is 0.888. The van der Waals surface area contributed by atoms with Crippen LogP contribution in [0.3, 0.4) is 0 Å². The second-order valence-corrected chi connectivity index (χ2v) is 2.87. The summed E-state index contributed by atoms with van der Waals surface area (Å²) in [7, 11) is 0. The van der Waals surface area contributed by atoms with Crippen LogP contribution in [0.5, 0.6) is 0 Å². The zero-order chi connectivity index (χ0) is 7.45. The molecule has 0 spiro atoms. The molecule has 3 heteroatoms. The zero-order valence-electron chi connectivity index (χ0n) is 5.98. The number of hydrogen-bond acceptors (Lipinski definition) is 2. The number of aliphatic hydroxyl groups is 1. The van der Waals surface area contributed by atoms with E-state index in [-0.39, 0.29) is 6.61 Å². The van der Waals surface area contributed by atoms with E-state index < -0.39 is 12.3 Å². The highest BCUT2D eigenvalue weighted by Crippen LogP contribution is 2.18. The molecule has 0 saturated carbocycles. The van der Waals surface area contributed by atoms with E-state index in [1.807, 2.05) is 0 Å². The highest BCUT2D eigenvalue weighted by molar-refractivity contribution is 4.78. The van der Waals surface area contributed by atoms with E-state index in [9.17, 15) is 9.50 Å². The van der Waals surface area contributed by atoms with Gasteiger partial charge in [0.15, 0.2) is 0 Å². The molecular formula is C7H13FO2. The van der Waals surface area contributed by atoms with Crippen LogP contribution in [-0.2, 0) is 4.74 Å². The standard InChI is InChI=1S/C7H13FO2/c8-5-7(9)3-1-2-4-10-6-7/h9H,1-6H2. The molecular weight excluding hydrogens is 135 g/mol. The van der Waals surface area contributed by atoms with E-state index in [1.165, 1.54) is 0 Å². The van der Waals surface area contributed by atoms with Gasteiger partial charge < -0.3 is 9.84 Å². The highest BCUT2D eigenvalue weighted by Gasteiger charge is 2.28. The summed E-state index contributed by atoms with van der Waals surface area (Å²) in [6, 6.07) is 0. The Bertz CT molecular complexity index is 97.8. The molecule has 0 aromatic heterocycles. The molecule has 0 radical (unpaired) electrons. The number of ether oxygens (including phenoxy) is 1. The third-order valence-electron chi connectivity index (χ3n) is 1.80. The van der Waals surface area contributed by atoms with Gasteiger partial charge in [0.1, 0.15) is 12.3 Å². The van der Waals surface area contributed by atoms with Gasteiger partial charge in [-0.2, -0.15) is 0 Å². The van der Waals surface area contributed by atoms with Gasteiger partial charge in [-0.25, -0.2) is 4.39 Å².